The number of hydrogen-bond donors (Lipinski definition) is 2. The minimum atomic E-state index is -0.302. The van der Waals surface area contributed by atoms with E-state index in [4.69, 9.17) is 4.74 Å². The van der Waals surface area contributed by atoms with E-state index < -0.39 is 0 Å². The van der Waals surface area contributed by atoms with Crippen molar-refractivity contribution in [2.45, 2.75) is 136 Å². The lowest BCUT2D eigenvalue weighted by atomic mass is 10.1. The highest BCUT2D eigenvalue weighted by Crippen LogP contribution is 2.11. The monoisotopic (exact) mass is 412 g/mol. The van der Waals surface area contributed by atoms with E-state index in [0.717, 1.165) is 19.4 Å². The molecule has 0 aromatic heterocycles. The summed E-state index contributed by atoms with van der Waals surface area (Å²) in [7, 11) is 0. The molecule has 0 aromatic carbocycles. The number of carbonyl (C=O) groups is 1. The van der Waals surface area contributed by atoms with Gasteiger partial charge in [-0.2, -0.15) is 0 Å². The molecule has 2 N–H and O–H groups in total. The van der Waals surface area contributed by atoms with Gasteiger partial charge in [0.15, 0.2) is 0 Å². The maximum Gasteiger partial charge on any atom is 0.407 e. The third kappa shape index (κ3) is 25.2. The van der Waals surface area contributed by atoms with Gasteiger partial charge in [0.05, 0.1) is 6.61 Å². The van der Waals surface area contributed by atoms with Gasteiger partial charge in [0.2, 0.25) is 0 Å². The first-order valence-electron chi connectivity index (χ1n) is 12.6. The number of unbranched alkanes of at least 4 members (excludes halogenated alkanes) is 14. The fraction of sp³-hybridized carbons (Fsp3) is 0.960. The third-order valence-corrected chi connectivity index (χ3v) is 5.17. The first kappa shape index (κ1) is 28.2. The van der Waals surface area contributed by atoms with Crippen LogP contribution >= 0.6 is 0 Å². The highest BCUT2D eigenvalue weighted by molar-refractivity contribution is 5.67. The van der Waals surface area contributed by atoms with Crippen molar-refractivity contribution < 1.29 is 9.53 Å². The summed E-state index contributed by atoms with van der Waals surface area (Å²) in [5.41, 5.74) is -0.225. The predicted molar refractivity (Wildman–Crippen MR) is 127 cm³/mol. The molecule has 0 saturated heterocycles. The summed E-state index contributed by atoms with van der Waals surface area (Å²) in [6.45, 7) is 11.0. The Labute approximate surface area is 182 Å². The molecule has 4 heteroatoms. The number of rotatable bonds is 20. The van der Waals surface area contributed by atoms with E-state index in [2.05, 4.69) is 17.6 Å². The minimum absolute atomic E-state index is 0.225. The summed E-state index contributed by atoms with van der Waals surface area (Å²) < 4.78 is 5.19. The molecule has 0 aliphatic carbocycles. The van der Waals surface area contributed by atoms with Crippen LogP contribution in [0.5, 0.6) is 0 Å². The molecule has 0 aliphatic heterocycles. The Kier molecular flexibility index (Phi) is 20.0. The quantitative estimate of drug-likeness (QED) is 0.205. The molecule has 0 aromatic rings. The second kappa shape index (κ2) is 20.5. The Morgan fingerprint density at radius 3 is 1.52 bits per heavy atom. The molecule has 0 atom stereocenters. The first-order valence-corrected chi connectivity index (χ1v) is 12.6. The van der Waals surface area contributed by atoms with Crippen LogP contribution in [0, 0.1) is 0 Å². The number of amides is 1. The normalized spacial score (nSPS) is 11.6. The van der Waals surface area contributed by atoms with Crippen LogP contribution in [0.25, 0.3) is 0 Å². The van der Waals surface area contributed by atoms with E-state index in [-0.39, 0.29) is 11.6 Å². The molecule has 1 amide bonds. The number of carbonyl (C=O) groups excluding carboxylic acids is 1. The molecule has 0 rings (SSSR count). The largest absolute Gasteiger partial charge is 0.450 e. The Morgan fingerprint density at radius 1 is 0.655 bits per heavy atom. The lowest BCUT2D eigenvalue weighted by Crippen LogP contribution is -2.41. The van der Waals surface area contributed by atoms with Gasteiger partial charge in [0.25, 0.3) is 0 Å². The van der Waals surface area contributed by atoms with Crippen molar-refractivity contribution in [1.82, 2.24) is 10.6 Å². The predicted octanol–water partition coefficient (Wildman–Crippen LogP) is 7.36. The molecule has 0 radical (unpaired) electrons. The molecule has 4 nitrogen and oxygen atoms in total. The summed E-state index contributed by atoms with van der Waals surface area (Å²) in [5.74, 6) is 0. The van der Waals surface area contributed by atoms with Crippen LogP contribution in [0.15, 0.2) is 0 Å². The number of nitrogens with one attached hydrogen (secondary N) is 2. The van der Waals surface area contributed by atoms with E-state index in [1.54, 1.807) is 0 Å². The summed E-state index contributed by atoms with van der Waals surface area (Å²) in [4.78, 5) is 11.5. The minimum Gasteiger partial charge on any atom is -0.450 e. The van der Waals surface area contributed by atoms with Crippen LogP contribution in [-0.2, 0) is 4.74 Å². The maximum absolute atomic E-state index is 11.5. The van der Waals surface area contributed by atoms with Gasteiger partial charge in [0.1, 0.15) is 0 Å². The van der Waals surface area contributed by atoms with Crippen LogP contribution in [0.1, 0.15) is 130 Å². The average Bonchev–Trinajstić information content (AvgIpc) is 2.65. The molecule has 29 heavy (non-hydrogen) atoms. The molecule has 0 unspecified atom stereocenters. The molecule has 0 saturated carbocycles. The van der Waals surface area contributed by atoms with Crippen molar-refractivity contribution in [2.24, 2.45) is 0 Å². The Morgan fingerprint density at radius 2 is 1.07 bits per heavy atom. The van der Waals surface area contributed by atoms with Gasteiger partial charge in [-0.25, -0.2) is 4.79 Å². The van der Waals surface area contributed by atoms with Crippen molar-refractivity contribution in [3.63, 3.8) is 0 Å². The van der Waals surface area contributed by atoms with Gasteiger partial charge in [0, 0.05) is 5.54 Å². The van der Waals surface area contributed by atoms with Crippen LogP contribution in [-0.4, -0.2) is 31.3 Å². The second-order valence-corrected chi connectivity index (χ2v) is 9.56. The summed E-state index contributed by atoms with van der Waals surface area (Å²) >= 11 is 0. The molecule has 174 valence electrons. The van der Waals surface area contributed by atoms with Gasteiger partial charge in [-0.05, 0) is 53.1 Å². The molecule has 0 bridgehead atoms. The highest BCUT2D eigenvalue weighted by atomic mass is 16.5. The number of ether oxygens (including phenoxy) is 1. The SMILES string of the molecule is CCCCCCCCCCCCCNCCCCCCCOC(=O)NC(C)(C)C. The van der Waals surface area contributed by atoms with Crippen LogP contribution in [0.3, 0.4) is 0 Å². The molecular weight excluding hydrogens is 360 g/mol. The molecule has 0 fully saturated rings. The number of alkyl carbamates (subject to hydrolysis) is 1. The Bertz CT molecular complexity index is 353. The number of hydrogen-bond acceptors (Lipinski definition) is 3. The molecular formula is C25H52N2O2. The highest BCUT2D eigenvalue weighted by Gasteiger charge is 2.13. The Balaban J connectivity index is 3.11. The lowest BCUT2D eigenvalue weighted by Gasteiger charge is -2.19. The zero-order chi connectivity index (χ0) is 21.6. The van der Waals surface area contributed by atoms with Crippen LogP contribution in [0.2, 0.25) is 0 Å². The van der Waals surface area contributed by atoms with Crippen molar-refractivity contribution >= 4 is 6.09 Å². The van der Waals surface area contributed by atoms with Gasteiger partial charge in [-0.15, -0.1) is 0 Å². The van der Waals surface area contributed by atoms with Crippen molar-refractivity contribution in [1.29, 1.82) is 0 Å². The van der Waals surface area contributed by atoms with E-state index >= 15 is 0 Å². The fourth-order valence-corrected chi connectivity index (χ4v) is 3.43. The van der Waals surface area contributed by atoms with Gasteiger partial charge in [-0.3, -0.25) is 0 Å². The van der Waals surface area contributed by atoms with E-state index in [1.165, 1.54) is 96.4 Å². The van der Waals surface area contributed by atoms with Crippen molar-refractivity contribution in [3.8, 4) is 0 Å². The average molecular weight is 413 g/mol. The standard InChI is InChI=1S/C25H52N2O2/c1-5-6-7-8-9-10-11-12-13-15-18-21-26-22-19-16-14-17-20-23-29-24(28)27-25(2,3)4/h26H,5-23H2,1-4H3,(H,27,28). The topological polar surface area (TPSA) is 50.4 Å². The maximum atomic E-state index is 11.5. The van der Waals surface area contributed by atoms with E-state index in [9.17, 15) is 4.79 Å². The first-order chi connectivity index (χ1) is 14.0. The second-order valence-electron chi connectivity index (χ2n) is 9.56. The zero-order valence-corrected chi connectivity index (χ0v) is 20.3. The molecule has 0 heterocycles. The Hall–Kier alpha value is -0.770. The third-order valence-electron chi connectivity index (χ3n) is 5.17. The van der Waals surface area contributed by atoms with Gasteiger partial charge >= 0.3 is 6.09 Å². The van der Waals surface area contributed by atoms with Crippen molar-refractivity contribution in [2.75, 3.05) is 19.7 Å². The van der Waals surface area contributed by atoms with Gasteiger partial charge in [-0.1, -0.05) is 90.4 Å². The van der Waals surface area contributed by atoms with Crippen molar-refractivity contribution in [3.05, 3.63) is 0 Å². The lowest BCUT2D eigenvalue weighted by molar-refractivity contribution is 0.135. The van der Waals surface area contributed by atoms with Crippen LogP contribution < -0.4 is 10.6 Å². The van der Waals surface area contributed by atoms with Gasteiger partial charge < -0.3 is 15.4 Å². The fourth-order valence-electron chi connectivity index (χ4n) is 3.43. The zero-order valence-electron chi connectivity index (χ0n) is 20.3. The summed E-state index contributed by atoms with van der Waals surface area (Å²) in [6, 6.07) is 0. The van der Waals surface area contributed by atoms with E-state index in [1.807, 2.05) is 20.8 Å². The van der Waals surface area contributed by atoms with E-state index in [0.29, 0.717) is 6.61 Å². The van der Waals surface area contributed by atoms with Crippen LogP contribution in [0.4, 0.5) is 4.79 Å². The molecule has 0 aliphatic rings. The molecule has 0 spiro atoms. The summed E-state index contributed by atoms with van der Waals surface area (Å²) in [5, 5.41) is 6.39. The summed E-state index contributed by atoms with van der Waals surface area (Å²) in [6.07, 6.45) is 21.1. The smallest absolute Gasteiger partial charge is 0.407 e.